The minimum absolute atomic E-state index is 0.112. The normalized spacial score (nSPS) is 11.1. The monoisotopic (exact) mass is 434 g/mol. The Bertz CT molecular complexity index is 1230. The summed E-state index contributed by atoms with van der Waals surface area (Å²) >= 11 is 2.73. The first-order chi connectivity index (χ1) is 14.5. The molecule has 2 heterocycles. The molecule has 2 aromatic carbocycles. The fourth-order valence-electron chi connectivity index (χ4n) is 2.74. The molecule has 2 aromatic heterocycles. The summed E-state index contributed by atoms with van der Waals surface area (Å²) in [4.78, 5) is 33.1. The Morgan fingerprint density at radius 1 is 1.03 bits per heavy atom. The third-order valence-electron chi connectivity index (χ3n) is 4.14. The van der Waals surface area contributed by atoms with Crippen LogP contribution >= 0.6 is 22.7 Å². The molecule has 150 valence electrons. The highest BCUT2D eigenvalue weighted by Gasteiger charge is 2.12. The second kappa shape index (κ2) is 8.98. The van der Waals surface area contributed by atoms with Gasteiger partial charge in [0.05, 0.1) is 22.3 Å². The number of fused-ring (bicyclic) bond motifs is 1. The first kappa shape index (κ1) is 19.9. The maximum Gasteiger partial charge on any atom is 0.250 e. The van der Waals surface area contributed by atoms with Crippen molar-refractivity contribution < 1.29 is 9.59 Å². The Kier molecular flexibility index (Phi) is 5.97. The molecule has 4 aromatic rings. The van der Waals surface area contributed by atoms with Crippen molar-refractivity contribution in [2.75, 3.05) is 10.6 Å². The minimum Gasteiger partial charge on any atom is -0.302 e. The predicted molar refractivity (Wildman–Crippen MR) is 123 cm³/mol. The third-order valence-corrected chi connectivity index (χ3v) is 5.88. The second-order valence-electron chi connectivity index (χ2n) is 6.59. The van der Waals surface area contributed by atoms with E-state index in [1.165, 1.54) is 28.7 Å². The van der Waals surface area contributed by atoms with Crippen LogP contribution in [0.4, 0.5) is 10.3 Å². The molecular formula is C22H18N4O2S2. The number of aryl methyl sites for hydroxylation is 1. The van der Waals surface area contributed by atoms with E-state index in [1.54, 1.807) is 11.5 Å². The number of amides is 2. The molecule has 0 aliphatic rings. The second-order valence-corrected chi connectivity index (χ2v) is 8.48. The van der Waals surface area contributed by atoms with E-state index in [1.807, 2.05) is 55.5 Å². The van der Waals surface area contributed by atoms with E-state index in [-0.39, 0.29) is 18.2 Å². The zero-order valence-electron chi connectivity index (χ0n) is 16.1. The number of nitrogens with zero attached hydrogens (tertiary/aromatic N) is 2. The van der Waals surface area contributed by atoms with Gasteiger partial charge in [-0.25, -0.2) is 9.97 Å². The van der Waals surface area contributed by atoms with Gasteiger partial charge >= 0.3 is 0 Å². The molecule has 0 aliphatic heterocycles. The first-order valence-corrected chi connectivity index (χ1v) is 10.9. The average molecular weight is 435 g/mol. The van der Waals surface area contributed by atoms with Crippen molar-refractivity contribution in [2.24, 2.45) is 0 Å². The summed E-state index contributed by atoms with van der Waals surface area (Å²) in [6.45, 7) is 2.02. The van der Waals surface area contributed by atoms with Crippen LogP contribution in [-0.4, -0.2) is 21.8 Å². The van der Waals surface area contributed by atoms with Gasteiger partial charge in [0.2, 0.25) is 11.8 Å². The van der Waals surface area contributed by atoms with E-state index >= 15 is 0 Å². The van der Waals surface area contributed by atoms with Gasteiger partial charge in [0.1, 0.15) is 0 Å². The number of nitrogens with one attached hydrogen (secondary N) is 2. The number of benzene rings is 2. The number of anilines is 2. The van der Waals surface area contributed by atoms with E-state index in [2.05, 4.69) is 20.6 Å². The minimum atomic E-state index is -0.269. The molecule has 0 aliphatic carbocycles. The highest BCUT2D eigenvalue weighted by atomic mass is 32.1. The maximum atomic E-state index is 12.3. The fraction of sp³-hybridized carbons (Fsp3) is 0.0909. The molecule has 0 bridgehead atoms. The molecule has 4 rings (SSSR count). The molecule has 0 atom stereocenters. The summed E-state index contributed by atoms with van der Waals surface area (Å²) in [6, 6.07) is 15.5. The number of rotatable bonds is 6. The van der Waals surface area contributed by atoms with Crippen LogP contribution in [0.15, 0.2) is 60.0 Å². The lowest BCUT2D eigenvalue weighted by Gasteiger charge is -1.99. The smallest absolute Gasteiger partial charge is 0.250 e. The Morgan fingerprint density at radius 3 is 2.70 bits per heavy atom. The molecule has 0 radical (unpaired) electrons. The molecule has 0 unspecified atom stereocenters. The van der Waals surface area contributed by atoms with E-state index in [4.69, 9.17) is 0 Å². The van der Waals surface area contributed by atoms with E-state index < -0.39 is 0 Å². The molecule has 0 saturated heterocycles. The van der Waals surface area contributed by atoms with Crippen LogP contribution in [0.5, 0.6) is 0 Å². The van der Waals surface area contributed by atoms with Crippen LogP contribution in [0.2, 0.25) is 0 Å². The highest BCUT2D eigenvalue weighted by Crippen LogP contribution is 2.27. The number of thiazole rings is 2. The molecule has 0 spiro atoms. The van der Waals surface area contributed by atoms with Crippen LogP contribution in [-0.2, 0) is 16.0 Å². The lowest BCUT2D eigenvalue weighted by Crippen LogP contribution is -2.14. The summed E-state index contributed by atoms with van der Waals surface area (Å²) in [5.74, 6) is -0.466. The van der Waals surface area contributed by atoms with Gasteiger partial charge in [-0.3, -0.25) is 14.9 Å². The summed E-state index contributed by atoms with van der Waals surface area (Å²) in [5, 5.41) is 8.32. The summed E-state index contributed by atoms with van der Waals surface area (Å²) in [6.07, 6.45) is 3.30. The van der Waals surface area contributed by atoms with Gasteiger partial charge in [-0.05, 0) is 36.3 Å². The van der Waals surface area contributed by atoms with E-state index in [9.17, 15) is 9.59 Å². The first-order valence-electron chi connectivity index (χ1n) is 9.21. The van der Waals surface area contributed by atoms with Crippen molar-refractivity contribution in [1.29, 1.82) is 0 Å². The van der Waals surface area contributed by atoms with Gasteiger partial charge in [-0.15, -0.1) is 11.3 Å². The Hall–Kier alpha value is -3.36. The third kappa shape index (κ3) is 5.16. The Balaban J connectivity index is 1.32. The van der Waals surface area contributed by atoms with Crippen molar-refractivity contribution in [3.05, 3.63) is 76.8 Å². The highest BCUT2D eigenvalue weighted by molar-refractivity contribution is 7.22. The van der Waals surface area contributed by atoms with Gasteiger partial charge < -0.3 is 5.32 Å². The van der Waals surface area contributed by atoms with Crippen molar-refractivity contribution in [1.82, 2.24) is 9.97 Å². The lowest BCUT2D eigenvalue weighted by molar-refractivity contribution is -0.115. The van der Waals surface area contributed by atoms with E-state index in [0.717, 1.165) is 21.3 Å². The fourth-order valence-corrected chi connectivity index (χ4v) is 4.44. The molecule has 0 saturated carbocycles. The molecule has 6 nitrogen and oxygen atoms in total. The number of carbonyl (C=O) groups excluding carboxylic acids is 2. The van der Waals surface area contributed by atoms with Crippen molar-refractivity contribution in [3.63, 3.8) is 0 Å². The van der Waals surface area contributed by atoms with Crippen LogP contribution < -0.4 is 10.6 Å². The van der Waals surface area contributed by atoms with Gasteiger partial charge in [0.25, 0.3) is 0 Å². The van der Waals surface area contributed by atoms with Crippen LogP contribution in [0.25, 0.3) is 16.3 Å². The lowest BCUT2D eigenvalue weighted by atomic mass is 10.2. The number of aromatic nitrogens is 2. The topological polar surface area (TPSA) is 84.0 Å². The predicted octanol–water partition coefficient (Wildman–Crippen LogP) is 4.89. The van der Waals surface area contributed by atoms with E-state index in [0.29, 0.717) is 16.0 Å². The summed E-state index contributed by atoms with van der Waals surface area (Å²) in [7, 11) is 0. The largest absolute Gasteiger partial charge is 0.302 e. The average Bonchev–Trinajstić information content (AvgIpc) is 3.32. The van der Waals surface area contributed by atoms with Gasteiger partial charge in [0.15, 0.2) is 10.3 Å². The van der Waals surface area contributed by atoms with Gasteiger partial charge in [-0.1, -0.05) is 47.7 Å². The SMILES string of the molecule is Cc1ccc2nc(NC(=O)Cc3csc(NC(=O)/C=C/c4ccccc4)n3)sc2c1. The molecular weight excluding hydrogens is 416 g/mol. The van der Waals surface area contributed by atoms with Crippen molar-refractivity contribution in [3.8, 4) is 0 Å². The molecule has 0 fully saturated rings. The number of hydrogen-bond acceptors (Lipinski definition) is 6. The maximum absolute atomic E-state index is 12.3. The Morgan fingerprint density at radius 2 is 1.87 bits per heavy atom. The van der Waals surface area contributed by atoms with Gasteiger partial charge in [-0.2, -0.15) is 0 Å². The summed E-state index contributed by atoms with van der Waals surface area (Å²) in [5.41, 5.74) is 3.55. The van der Waals surface area contributed by atoms with Crippen molar-refractivity contribution >= 4 is 61.0 Å². The van der Waals surface area contributed by atoms with Crippen LogP contribution in [0.3, 0.4) is 0 Å². The molecule has 2 N–H and O–H groups in total. The zero-order chi connectivity index (χ0) is 20.9. The molecule has 8 heteroatoms. The Labute approximate surface area is 181 Å². The van der Waals surface area contributed by atoms with Gasteiger partial charge in [0, 0.05) is 11.5 Å². The molecule has 2 amide bonds. The van der Waals surface area contributed by atoms with Crippen LogP contribution in [0, 0.1) is 6.92 Å². The van der Waals surface area contributed by atoms with Crippen molar-refractivity contribution in [2.45, 2.75) is 13.3 Å². The zero-order valence-corrected chi connectivity index (χ0v) is 17.7. The number of hydrogen-bond donors (Lipinski definition) is 2. The number of carbonyl (C=O) groups is 2. The summed E-state index contributed by atoms with van der Waals surface area (Å²) < 4.78 is 1.03. The van der Waals surface area contributed by atoms with Crippen LogP contribution in [0.1, 0.15) is 16.8 Å². The quantitative estimate of drug-likeness (QED) is 0.423. The molecule has 30 heavy (non-hydrogen) atoms. The standard InChI is InChI=1S/C22H18N4O2S2/c1-14-7-9-17-18(11-14)30-22(24-17)26-20(28)12-16-13-29-21(23-16)25-19(27)10-8-15-5-3-2-4-6-15/h2-11,13H,12H2,1H3,(H,23,25,27)(H,24,26,28)/b10-8+.